The maximum absolute atomic E-state index is 12.3. The number of nitrogens with one attached hydrogen (secondary N) is 1. The second-order valence-electron chi connectivity index (χ2n) is 7.14. The van der Waals surface area contributed by atoms with Crippen molar-refractivity contribution in [2.75, 3.05) is 37.7 Å². The molecule has 1 saturated heterocycles. The summed E-state index contributed by atoms with van der Waals surface area (Å²) < 4.78 is 5.34. The summed E-state index contributed by atoms with van der Waals surface area (Å²) in [5.74, 6) is -0.536. The van der Waals surface area contributed by atoms with Crippen molar-refractivity contribution in [3.05, 3.63) is 65.2 Å². The van der Waals surface area contributed by atoms with Gasteiger partial charge in [0.15, 0.2) is 11.6 Å². The quantitative estimate of drug-likeness (QED) is 0.697. The molecule has 0 atom stereocenters. The fraction of sp³-hybridized carbons (Fsp3) is 0.348. The molecule has 1 N–H and O–H groups in total. The van der Waals surface area contributed by atoms with E-state index < -0.39 is 0 Å². The average Bonchev–Trinajstić information content (AvgIpc) is 2.77. The van der Waals surface area contributed by atoms with Gasteiger partial charge in [0, 0.05) is 42.7 Å². The summed E-state index contributed by atoms with van der Waals surface area (Å²) in [5, 5.41) is 2.61. The number of aryl methyl sites for hydroxylation is 1. The summed E-state index contributed by atoms with van der Waals surface area (Å²) in [7, 11) is 0. The van der Waals surface area contributed by atoms with Gasteiger partial charge in [-0.1, -0.05) is 29.8 Å². The Bertz CT molecular complexity index is 853. The molecule has 29 heavy (non-hydrogen) atoms. The van der Waals surface area contributed by atoms with Crippen molar-refractivity contribution in [2.45, 2.75) is 19.8 Å². The van der Waals surface area contributed by atoms with E-state index in [1.165, 1.54) is 0 Å². The minimum Gasteiger partial charge on any atom is -0.378 e. The SMILES string of the molecule is Cc1ccc(C(=O)CCC(=O)NCC(=O)c2ccc(N3CCOCC3)cc2)cc1. The largest absolute Gasteiger partial charge is 0.378 e. The van der Waals surface area contributed by atoms with Crippen molar-refractivity contribution in [3.8, 4) is 0 Å². The van der Waals surface area contributed by atoms with Crippen LogP contribution in [-0.4, -0.2) is 50.3 Å². The minimum absolute atomic E-state index is 0.0654. The topological polar surface area (TPSA) is 75.7 Å². The zero-order valence-electron chi connectivity index (χ0n) is 16.6. The Labute approximate surface area is 170 Å². The number of carbonyl (C=O) groups is 3. The van der Waals surface area contributed by atoms with Crippen LogP contribution in [0, 0.1) is 6.92 Å². The van der Waals surface area contributed by atoms with Gasteiger partial charge in [-0.05, 0) is 31.2 Å². The number of morpholine rings is 1. The van der Waals surface area contributed by atoms with Gasteiger partial charge >= 0.3 is 0 Å². The van der Waals surface area contributed by atoms with Crippen LogP contribution in [0.3, 0.4) is 0 Å². The third kappa shape index (κ3) is 5.99. The van der Waals surface area contributed by atoms with E-state index in [9.17, 15) is 14.4 Å². The first-order chi connectivity index (χ1) is 14.0. The van der Waals surface area contributed by atoms with Gasteiger partial charge in [-0.2, -0.15) is 0 Å². The first kappa shape index (κ1) is 20.7. The molecule has 0 unspecified atom stereocenters. The highest BCUT2D eigenvalue weighted by Gasteiger charge is 2.14. The van der Waals surface area contributed by atoms with Crippen molar-refractivity contribution >= 4 is 23.2 Å². The number of benzene rings is 2. The van der Waals surface area contributed by atoms with E-state index in [0.717, 1.165) is 24.3 Å². The van der Waals surface area contributed by atoms with Gasteiger partial charge in [0.25, 0.3) is 0 Å². The third-order valence-corrected chi connectivity index (χ3v) is 4.96. The number of hydrogen-bond acceptors (Lipinski definition) is 5. The van der Waals surface area contributed by atoms with E-state index in [1.54, 1.807) is 24.3 Å². The monoisotopic (exact) mass is 394 g/mol. The lowest BCUT2D eigenvalue weighted by atomic mass is 10.0. The molecular formula is C23H26N2O4. The molecule has 152 valence electrons. The molecule has 1 amide bonds. The number of ether oxygens (including phenoxy) is 1. The molecule has 3 rings (SSSR count). The normalized spacial score (nSPS) is 13.8. The van der Waals surface area contributed by atoms with Gasteiger partial charge in [0.1, 0.15) is 0 Å². The highest BCUT2D eigenvalue weighted by atomic mass is 16.5. The number of anilines is 1. The van der Waals surface area contributed by atoms with Crippen LogP contribution in [0.1, 0.15) is 39.1 Å². The average molecular weight is 394 g/mol. The van der Waals surface area contributed by atoms with E-state index in [1.807, 2.05) is 31.2 Å². The number of amides is 1. The van der Waals surface area contributed by atoms with Crippen LogP contribution < -0.4 is 10.2 Å². The Kier molecular flexibility index (Phi) is 7.14. The Morgan fingerprint density at radius 1 is 0.862 bits per heavy atom. The highest BCUT2D eigenvalue weighted by Crippen LogP contribution is 2.17. The number of rotatable bonds is 8. The van der Waals surface area contributed by atoms with Crippen molar-refractivity contribution in [1.29, 1.82) is 0 Å². The first-order valence-electron chi connectivity index (χ1n) is 9.85. The fourth-order valence-electron chi connectivity index (χ4n) is 3.16. The van der Waals surface area contributed by atoms with Crippen LogP contribution in [0.15, 0.2) is 48.5 Å². The van der Waals surface area contributed by atoms with Crippen molar-refractivity contribution in [1.82, 2.24) is 5.32 Å². The van der Waals surface area contributed by atoms with Crippen LogP contribution in [0.5, 0.6) is 0 Å². The second kappa shape index (κ2) is 9.98. The summed E-state index contributed by atoms with van der Waals surface area (Å²) in [6, 6.07) is 14.7. The highest BCUT2D eigenvalue weighted by molar-refractivity contribution is 6.01. The molecule has 0 aromatic heterocycles. The summed E-state index contributed by atoms with van der Waals surface area (Å²) >= 11 is 0. The van der Waals surface area contributed by atoms with E-state index >= 15 is 0 Å². The van der Waals surface area contributed by atoms with E-state index in [-0.39, 0.29) is 36.9 Å². The fourth-order valence-corrected chi connectivity index (χ4v) is 3.16. The van der Waals surface area contributed by atoms with E-state index in [4.69, 9.17) is 4.74 Å². The van der Waals surface area contributed by atoms with Crippen LogP contribution >= 0.6 is 0 Å². The number of Topliss-reactive ketones (excluding diaryl/α,β-unsaturated/α-hetero) is 2. The maximum atomic E-state index is 12.3. The van der Waals surface area contributed by atoms with E-state index in [2.05, 4.69) is 10.2 Å². The summed E-state index contributed by atoms with van der Waals surface area (Å²) in [6.45, 7) is 4.97. The number of carbonyl (C=O) groups excluding carboxylic acids is 3. The smallest absolute Gasteiger partial charge is 0.220 e. The van der Waals surface area contributed by atoms with Gasteiger partial charge in [0.05, 0.1) is 19.8 Å². The predicted octanol–water partition coefficient (Wildman–Crippen LogP) is 2.79. The first-order valence-corrected chi connectivity index (χ1v) is 9.85. The van der Waals surface area contributed by atoms with Gasteiger partial charge < -0.3 is 15.0 Å². The Morgan fingerprint density at radius 2 is 1.45 bits per heavy atom. The van der Waals surface area contributed by atoms with Crippen molar-refractivity contribution < 1.29 is 19.1 Å². The number of hydrogen-bond donors (Lipinski definition) is 1. The molecule has 0 saturated carbocycles. The molecule has 1 fully saturated rings. The predicted molar refractivity (Wildman–Crippen MR) is 112 cm³/mol. The van der Waals surface area contributed by atoms with Crippen molar-refractivity contribution in [3.63, 3.8) is 0 Å². The zero-order chi connectivity index (χ0) is 20.6. The molecule has 1 heterocycles. The lowest BCUT2D eigenvalue weighted by molar-refractivity contribution is -0.120. The maximum Gasteiger partial charge on any atom is 0.220 e. The zero-order valence-corrected chi connectivity index (χ0v) is 16.6. The lowest BCUT2D eigenvalue weighted by Gasteiger charge is -2.28. The van der Waals surface area contributed by atoms with Crippen molar-refractivity contribution in [2.24, 2.45) is 0 Å². The summed E-state index contributed by atoms with van der Waals surface area (Å²) in [4.78, 5) is 38.6. The molecule has 0 bridgehead atoms. The lowest BCUT2D eigenvalue weighted by Crippen LogP contribution is -2.36. The van der Waals surface area contributed by atoms with E-state index in [0.29, 0.717) is 24.3 Å². The Balaban J connectivity index is 1.43. The molecule has 2 aromatic carbocycles. The second-order valence-corrected chi connectivity index (χ2v) is 7.14. The number of nitrogens with zero attached hydrogens (tertiary/aromatic N) is 1. The summed E-state index contributed by atoms with van der Waals surface area (Å²) in [6.07, 6.45) is 0.188. The molecule has 1 aliphatic rings. The Hall–Kier alpha value is -2.99. The molecule has 2 aromatic rings. The summed E-state index contributed by atoms with van der Waals surface area (Å²) in [5.41, 5.74) is 3.29. The molecule has 0 radical (unpaired) electrons. The van der Waals surface area contributed by atoms with Crippen LogP contribution in [-0.2, 0) is 9.53 Å². The molecular weight excluding hydrogens is 368 g/mol. The van der Waals surface area contributed by atoms with Gasteiger partial charge in [0.2, 0.25) is 5.91 Å². The molecule has 6 nitrogen and oxygen atoms in total. The van der Waals surface area contributed by atoms with Crippen LogP contribution in [0.2, 0.25) is 0 Å². The molecule has 0 aliphatic carbocycles. The van der Waals surface area contributed by atoms with Crippen LogP contribution in [0.4, 0.5) is 5.69 Å². The molecule has 6 heteroatoms. The van der Waals surface area contributed by atoms with Crippen LogP contribution in [0.25, 0.3) is 0 Å². The molecule has 1 aliphatic heterocycles. The van der Waals surface area contributed by atoms with Gasteiger partial charge in [-0.3, -0.25) is 14.4 Å². The molecule has 0 spiro atoms. The standard InChI is InChI=1S/C23H26N2O4/c1-17-2-4-18(5-3-17)21(26)10-11-23(28)24-16-22(27)19-6-8-20(9-7-19)25-12-14-29-15-13-25/h2-9H,10-16H2,1H3,(H,24,28). The number of ketones is 2. The third-order valence-electron chi connectivity index (χ3n) is 4.96. The van der Waals surface area contributed by atoms with Gasteiger partial charge in [-0.15, -0.1) is 0 Å². The minimum atomic E-state index is -0.302. The Morgan fingerprint density at radius 3 is 2.10 bits per heavy atom. The van der Waals surface area contributed by atoms with Gasteiger partial charge in [-0.25, -0.2) is 0 Å².